The van der Waals surface area contributed by atoms with E-state index in [1.807, 2.05) is 11.6 Å². The lowest BCUT2D eigenvalue weighted by molar-refractivity contribution is 0.651. The summed E-state index contributed by atoms with van der Waals surface area (Å²) in [6.07, 6.45) is 7.66. The predicted molar refractivity (Wildman–Crippen MR) is 60.7 cm³/mol. The van der Waals surface area contributed by atoms with Crippen LogP contribution in [0.15, 0.2) is 18.6 Å². The Morgan fingerprint density at radius 3 is 2.56 bits per heavy atom. The summed E-state index contributed by atoms with van der Waals surface area (Å²) in [5, 5.41) is 4.29. The van der Waals surface area contributed by atoms with Crippen molar-refractivity contribution in [3.63, 3.8) is 0 Å². The second-order valence-corrected chi connectivity index (χ2v) is 4.20. The zero-order valence-electron chi connectivity index (χ0n) is 9.09. The summed E-state index contributed by atoms with van der Waals surface area (Å²) in [6.45, 7) is 1.96. The maximum atomic E-state index is 6.03. The molecule has 82 valence electrons. The van der Waals surface area contributed by atoms with Crippen LogP contribution < -0.4 is 5.73 Å². The van der Waals surface area contributed by atoms with Gasteiger partial charge in [0.1, 0.15) is 5.82 Å². The quantitative estimate of drug-likeness (QED) is 0.825. The first kappa shape index (κ1) is 9.33. The van der Waals surface area contributed by atoms with E-state index in [1.54, 1.807) is 18.6 Å². The number of aromatic nitrogens is 4. The minimum Gasteiger partial charge on any atom is -0.383 e. The lowest BCUT2D eigenvalue weighted by Gasteiger charge is -2.02. The van der Waals surface area contributed by atoms with Crippen LogP contribution in [0.4, 0.5) is 5.82 Å². The Bertz CT molecular complexity index is 510. The molecule has 2 heterocycles. The van der Waals surface area contributed by atoms with Crippen LogP contribution in [0.25, 0.3) is 11.4 Å². The molecule has 0 radical (unpaired) electrons. The zero-order chi connectivity index (χ0) is 11.1. The van der Waals surface area contributed by atoms with E-state index in [2.05, 4.69) is 15.1 Å². The van der Waals surface area contributed by atoms with Crippen molar-refractivity contribution < 1.29 is 0 Å². The summed E-state index contributed by atoms with van der Waals surface area (Å²) in [7, 11) is 0. The van der Waals surface area contributed by atoms with Crippen molar-refractivity contribution in [2.24, 2.45) is 0 Å². The van der Waals surface area contributed by atoms with Gasteiger partial charge in [0, 0.05) is 12.4 Å². The Hall–Kier alpha value is -1.91. The molecule has 2 aromatic heterocycles. The molecule has 0 aromatic carbocycles. The summed E-state index contributed by atoms with van der Waals surface area (Å²) in [5.74, 6) is 1.32. The minimum absolute atomic E-state index is 0.485. The molecular formula is C11H13N5. The van der Waals surface area contributed by atoms with Crippen molar-refractivity contribution >= 4 is 5.82 Å². The topological polar surface area (TPSA) is 69.6 Å². The summed E-state index contributed by atoms with van der Waals surface area (Å²) in [6, 6.07) is 0.485. The van der Waals surface area contributed by atoms with E-state index >= 15 is 0 Å². The Labute approximate surface area is 93.3 Å². The highest BCUT2D eigenvalue weighted by Crippen LogP contribution is 2.38. The number of aryl methyl sites for hydroxylation is 1. The first-order valence-corrected chi connectivity index (χ1v) is 5.37. The van der Waals surface area contributed by atoms with E-state index in [-0.39, 0.29) is 0 Å². The molecule has 0 amide bonds. The standard InChI is InChI=1S/C11H13N5/c1-7-4-13-11(14-5-7)9-6-15-16(10(9)12)8-2-3-8/h4-6,8H,2-3,12H2,1H3. The van der Waals surface area contributed by atoms with Crippen molar-refractivity contribution in [2.75, 3.05) is 5.73 Å². The second-order valence-electron chi connectivity index (χ2n) is 4.20. The van der Waals surface area contributed by atoms with Crippen LogP contribution in [-0.4, -0.2) is 19.7 Å². The number of hydrogen-bond acceptors (Lipinski definition) is 4. The molecule has 5 nitrogen and oxygen atoms in total. The molecule has 1 fully saturated rings. The molecular weight excluding hydrogens is 202 g/mol. The third-order valence-corrected chi connectivity index (χ3v) is 2.75. The summed E-state index contributed by atoms with van der Waals surface area (Å²) in [5.41, 5.74) is 7.90. The van der Waals surface area contributed by atoms with E-state index in [4.69, 9.17) is 5.73 Å². The number of nitrogens with two attached hydrogens (primary N) is 1. The van der Waals surface area contributed by atoms with Gasteiger partial charge < -0.3 is 5.73 Å². The van der Waals surface area contributed by atoms with Gasteiger partial charge in [-0.1, -0.05) is 0 Å². The third kappa shape index (κ3) is 1.44. The minimum atomic E-state index is 0.485. The molecule has 2 aromatic rings. The Morgan fingerprint density at radius 1 is 1.25 bits per heavy atom. The van der Waals surface area contributed by atoms with Crippen LogP contribution in [0.2, 0.25) is 0 Å². The molecule has 0 saturated heterocycles. The molecule has 0 bridgehead atoms. The molecule has 0 spiro atoms. The van der Waals surface area contributed by atoms with Gasteiger partial charge in [-0.2, -0.15) is 5.10 Å². The van der Waals surface area contributed by atoms with Crippen LogP contribution in [0.1, 0.15) is 24.4 Å². The monoisotopic (exact) mass is 215 g/mol. The summed E-state index contributed by atoms with van der Waals surface area (Å²) in [4.78, 5) is 8.52. The molecule has 0 atom stereocenters. The highest BCUT2D eigenvalue weighted by molar-refractivity contribution is 5.67. The van der Waals surface area contributed by atoms with E-state index in [0.717, 1.165) is 11.1 Å². The van der Waals surface area contributed by atoms with Gasteiger partial charge in [-0.05, 0) is 25.3 Å². The molecule has 0 aliphatic heterocycles. The van der Waals surface area contributed by atoms with Gasteiger partial charge in [0.15, 0.2) is 5.82 Å². The lowest BCUT2D eigenvalue weighted by Crippen LogP contribution is -2.02. The van der Waals surface area contributed by atoms with Crippen LogP contribution in [-0.2, 0) is 0 Å². The number of rotatable bonds is 2. The fraction of sp³-hybridized carbons (Fsp3) is 0.364. The lowest BCUT2D eigenvalue weighted by atomic mass is 10.3. The molecule has 1 aliphatic rings. The number of nitrogen functional groups attached to an aromatic ring is 1. The Morgan fingerprint density at radius 2 is 1.94 bits per heavy atom. The van der Waals surface area contributed by atoms with Crippen molar-refractivity contribution in [3.8, 4) is 11.4 Å². The smallest absolute Gasteiger partial charge is 0.164 e. The highest BCUT2D eigenvalue weighted by atomic mass is 15.3. The third-order valence-electron chi connectivity index (χ3n) is 2.75. The van der Waals surface area contributed by atoms with E-state index in [9.17, 15) is 0 Å². The molecule has 1 aliphatic carbocycles. The summed E-state index contributed by atoms with van der Waals surface area (Å²) < 4.78 is 1.87. The van der Waals surface area contributed by atoms with Crippen molar-refractivity contribution in [3.05, 3.63) is 24.2 Å². The van der Waals surface area contributed by atoms with Crippen LogP contribution in [0.5, 0.6) is 0 Å². The average molecular weight is 215 g/mol. The van der Waals surface area contributed by atoms with Gasteiger partial charge in [0.05, 0.1) is 17.8 Å². The van der Waals surface area contributed by atoms with Crippen LogP contribution in [0.3, 0.4) is 0 Å². The molecule has 1 saturated carbocycles. The van der Waals surface area contributed by atoms with Gasteiger partial charge in [-0.25, -0.2) is 14.6 Å². The van der Waals surface area contributed by atoms with Gasteiger partial charge in [0.2, 0.25) is 0 Å². The first-order valence-electron chi connectivity index (χ1n) is 5.37. The van der Waals surface area contributed by atoms with Crippen LogP contribution in [0, 0.1) is 6.92 Å². The van der Waals surface area contributed by atoms with Gasteiger partial charge in [-0.15, -0.1) is 0 Å². The number of anilines is 1. The van der Waals surface area contributed by atoms with Gasteiger partial charge in [0.25, 0.3) is 0 Å². The van der Waals surface area contributed by atoms with E-state index in [1.165, 1.54) is 12.8 Å². The normalized spacial score (nSPS) is 15.3. The molecule has 3 rings (SSSR count). The van der Waals surface area contributed by atoms with Gasteiger partial charge >= 0.3 is 0 Å². The summed E-state index contributed by atoms with van der Waals surface area (Å²) >= 11 is 0. The fourth-order valence-electron chi connectivity index (χ4n) is 1.69. The number of nitrogens with zero attached hydrogens (tertiary/aromatic N) is 4. The fourth-order valence-corrected chi connectivity index (χ4v) is 1.69. The van der Waals surface area contributed by atoms with Gasteiger partial charge in [-0.3, -0.25) is 0 Å². The molecule has 5 heteroatoms. The van der Waals surface area contributed by atoms with Crippen molar-refractivity contribution in [1.82, 2.24) is 19.7 Å². The molecule has 16 heavy (non-hydrogen) atoms. The van der Waals surface area contributed by atoms with E-state index < -0.39 is 0 Å². The van der Waals surface area contributed by atoms with Crippen LogP contribution >= 0.6 is 0 Å². The van der Waals surface area contributed by atoms with Crippen molar-refractivity contribution in [1.29, 1.82) is 0 Å². The molecule has 2 N–H and O–H groups in total. The predicted octanol–water partition coefficient (Wildman–Crippen LogP) is 1.57. The zero-order valence-corrected chi connectivity index (χ0v) is 9.09. The first-order chi connectivity index (χ1) is 7.75. The Kier molecular flexibility index (Phi) is 1.92. The average Bonchev–Trinajstić information content (AvgIpc) is 3.05. The van der Waals surface area contributed by atoms with E-state index in [0.29, 0.717) is 17.7 Å². The maximum absolute atomic E-state index is 6.03. The highest BCUT2D eigenvalue weighted by Gasteiger charge is 2.27. The Balaban J connectivity index is 2.02. The largest absolute Gasteiger partial charge is 0.383 e. The number of hydrogen-bond donors (Lipinski definition) is 1. The second kappa shape index (κ2) is 3.30. The maximum Gasteiger partial charge on any atom is 0.164 e. The molecule has 0 unspecified atom stereocenters. The van der Waals surface area contributed by atoms with Crippen molar-refractivity contribution in [2.45, 2.75) is 25.8 Å². The SMILES string of the molecule is Cc1cnc(-c2cnn(C3CC3)c2N)nc1.